The smallest absolute Gasteiger partial charge is 0.123 e. The van der Waals surface area contributed by atoms with E-state index in [0.717, 1.165) is 49.7 Å². The van der Waals surface area contributed by atoms with Gasteiger partial charge in [-0.15, -0.1) is 0 Å². The highest BCUT2D eigenvalue weighted by atomic mass is 16.5. The molecule has 0 atom stereocenters. The van der Waals surface area contributed by atoms with Crippen LogP contribution in [-0.4, -0.2) is 30.8 Å². The van der Waals surface area contributed by atoms with Crippen molar-refractivity contribution < 1.29 is 4.74 Å². The first-order chi connectivity index (χ1) is 12.3. The fourth-order valence-corrected chi connectivity index (χ4v) is 2.54. The van der Waals surface area contributed by atoms with Crippen molar-refractivity contribution in [2.45, 2.75) is 33.7 Å². The molecular weight excluding hydrogens is 310 g/mol. The number of nitrogens with one attached hydrogen (secondary N) is 1. The lowest BCUT2D eigenvalue weighted by molar-refractivity contribution is 0.277. The monoisotopic (exact) mass is 339 g/mol. The van der Waals surface area contributed by atoms with Gasteiger partial charge < -0.3 is 4.74 Å². The van der Waals surface area contributed by atoms with Crippen LogP contribution >= 0.6 is 0 Å². The van der Waals surface area contributed by atoms with E-state index in [1.807, 2.05) is 42.6 Å². The van der Waals surface area contributed by atoms with Crippen molar-refractivity contribution in [3.8, 4) is 5.75 Å². The first-order valence-electron chi connectivity index (χ1n) is 9.09. The first kappa shape index (κ1) is 19.0. The molecule has 2 aromatic carbocycles. The minimum atomic E-state index is 0.744. The van der Waals surface area contributed by atoms with Gasteiger partial charge in [0.05, 0.1) is 18.5 Å². The Morgan fingerprint density at radius 2 is 1.80 bits per heavy atom. The molecular formula is C21H29N3O. The number of nitrogens with zero attached hydrogens (tertiary/aromatic N) is 2. The maximum absolute atomic E-state index is 5.92. The average Bonchev–Trinajstić information content (AvgIpc) is 2.66. The third-order valence-electron chi connectivity index (χ3n) is 4.02. The second kappa shape index (κ2) is 10.5. The summed E-state index contributed by atoms with van der Waals surface area (Å²) in [4.78, 5) is 2.39. The predicted octanol–water partition coefficient (Wildman–Crippen LogP) is 4.76. The Kier molecular flexibility index (Phi) is 7.99. The summed E-state index contributed by atoms with van der Waals surface area (Å²) >= 11 is 0. The molecule has 0 aliphatic rings. The highest BCUT2D eigenvalue weighted by Crippen LogP contribution is 2.22. The molecule has 2 aromatic rings. The van der Waals surface area contributed by atoms with Crippen LogP contribution in [0, 0.1) is 0 Å². The number of benzene rings is 2. The van der Waals surface area contributed by atoms with Gasteiger partial charge in [-0.2, -0.15) is 5.10 Å². The van der Waals surface area contributed by atoms with Crippen LogP contribution < -0.4 is 10.2 Å². The van der Waals surface area contributed by atoms with Crippen LogP contribution in [0.4, 0.5) is 5.69 Å². The zero-order valence-corrected chi connectivity index (χ0v) is 15.5. The Hall–Kier alpha value is -2.33. The molecule has 0 aliphatic heterocycles. The van der Waals surface area contributed by atoms with Gasteiger partial charge in [0.25, 0.3) is 0 Å². The van der Waals surface area contributed by atoms with Crippen LogP contribution in [0.25, 0.3) is 0 Å². The molecule has 0 saturated carbocycles. The van der Waals surface area contributed by atoms with E-state index in [0.29, 0.717) is 0 Å². The van der Waals surface area contributed by atoms with Gasteiger partial charge in [-0.05, 0) is 55.4 Å². The number of hydrogen-bond donors (Lipinski definition) is 1. The standard InChI is InChI=1S/C21H29N3O/c1-4-14-25-21-13-12-18(15-19(21)17-24(5-2)6-3)16-22-23-20-10-8-7-9-11-20/h7-13,15-16,23H,4-6,14,17H2,1-3H3. The summed E-state index contributed by atoms with van der Waals surface area (Å²) < 4.78 is 5.92. The fraction of sp³-hybridized carbons (Fsp3) is 0.381. The molecule has 1 N–H and O–H groups in total. The van der Waals surface area contributed by atoms with Crippen LogP contribution in [0.2, 0.25) is 0 Å². The number of hydrazone groups is 1. The molecule has 0 radical (unpaired) electrons. The molecule has 0 aliphatic carbocycles. The summed E-state index contributed by atoms with van der Waals surface area (Å²) in [7, 11) is 0. The van der Waals surface area contributed by atoms with Crippen molar-refractivity contribution in [3.63, 3.8) is 0 Å². The van der Waals surface area contributed by atoms with E-state index in [1.165, 1.54) is 5.56 Å². The fourth-order valence-electron chi connectivity index (χ4n) is 2.54. The van der Waals surface area contributed by atoms with Crippen LogP contribution in [0.3, 0.4) is 0 Å². The number of hydrogen-bond acceptors (Lipinski definition) is 4. The van der Waals surface area contributed by atoms with Gasteiger partial charge in [0.2, 0.25) is 0 Å². The molecule has 4 nitrogen and oxygen atoms in total. The quantitative estimate of drug-likeness (QED) is 0.501. The van der Waals surface area contributed by atoms with Crippen molar-refractivity contribution in [1.82, 2.24) is 4.90 Å². The number of para-hydroxylation sites is 1. The lowest BCUT2D eigenvalue weighted by atomic mass is 10.1. The molecule has 134 valence electrons. The van der Waals surface area contributed by atoms with Crippen molar-refractivity contribution in [2.24, 2.45) is 5.10 Å². The van der Waals surface area contributed by atoms with E-state index in [1.54, 1.807) is 0 Å². The van der Waals surface area contributed by atoms with Crippen molar-refractivity contribution in [3.05, 3.63) is 59.7 Å². The van der Waals surface area contributed by atoms with E-state index >= 15 is 0 Å². The van der Waals surface area contributed by atoms with Crippen LogP contribution in [-0.2, 0) is 6.54 Å². The third-order valence-corrected chi connectivity index (χ3v) is 4.02. The summed E-state index contributed by atoms with van der Waals surface area (Å²) in [6, 6.07) is 16.2. The summed E-state index contributed by atoms with van der Waals surface area (Å²) in [6.45, 7) is 10.2. The number of ether oxygens (including phenoxy) is 1. The summed E-state index contributed by atoms with van der Waals surface area (Å²) in [5.74, 6) is 0.974. The Balaban J connectivity index is 2.12. The zero-order valence-electron chi connectivity index (χ0n) is 15.5. The molecule has 0 aromatic heterocycles. The van der Waals surface area contributed by atoms with Gasteiger partial charge in [0.1, 0.15) is 5.75 Å². The Bertz CT molecular complexity index is 651. The topological polar surface area (TPSA) is 36.9 Å². The van der Waals surface area contributed by atoms with Gasteiger partial charge in [-0.1, -0.05) is 39.0 Å². The summed E-state index contributed by atoms with van der Waals surface area (Å²) in [5.41, 5.74) is 6.30. The molecule has 0 saturated heterocycles. The molecule has 25 heavy (non-hydrogen) atoms. The average molecular weight is 339 g/mol. The van der Waals surface area contributed by atoms with Crippen molar-refractivity contribution >= 4 is 11.9 Å². The van der Waals surface area contributed by atoms with E-state index in [4.69, 9.17) is 4.74 Å². The second-order valence-electron chi connectivity index (χ2n) is 5.91. The zero-order chi connectivity index (χ0) is 17.9. The summed E-state index contributed by atoms with van der Waals surface area (Å²) in [5, 5.41) is 4.33. The van der Waals surface area contributed by atoms with E-state index in [-0.39, 0.29) is 0 Å². The van der Waals surface area contributed by atoms with Gasteiger partial charge in [0, 0.05) is 12.1 Å². The second-order valence-corrected chi connectivity index (χ2v) is 5.91. The van der Waals surface area contributed by atoms with E-state index < -0.39 is 0 Å². The largest absolute Gasteiger partial charge is 0.493 e. The minimum absolute atomic E-state index is 0.744. The molecule has 0 heterocycles. The lowest BCUT2D eigenvalue weighted by Gasteiger charge is -2.20. The molecule has 4 heteroatoms. The lowest BCUT2D eigenvalue weighted by Crippen LogP contribution is -2.22. The molecule has 0 bridgehead atoms. The van der Waals surface area contributed by atoms with Crippen molar-refractivity contribution in [2.75, 3.05) is 25.1 Å². The minimum Gasteiger partial charge on any atom is -0.493 e. The van der Waals surface area contributed by atoms with Crippen LogP contribution in [0.1, 0.15) is 38.3 Å². The molecule has 0 fully saturated rings. The third kappa shape index (κ3) is 6.24. The van der Waals surface area contributed by atoms with Gasteiger partial charge >= 0.3 is 0 Å². The normalized spacial score (nSPS) is 11.2. The molecule has 2 rings (SSSR count). The van der Waals surface area contributed by atoms with Crippen LogP contribution in [0.5, 0.6) is 5.75 Å². The van der Waals surface area contributed by atoms with Gasteiger partial charge in [0.15, 0.2) is 0 Å². The number of rotatable bonds is 10. The Morgan fingerprint density at radius 1 is 1.04 bits per heavy atom. The van der Waals surface area contributed by atoms with E-state index in [9.17, 15) is 0 Å². The van der Waals surface area contributed by atoms with Crippen LogP contribution in [0.15, 0.2) is 53.6 Å². The molecule has 0 spiro atoms. The highest BCUT2D eigenvalue weighted by Gasteiger charge is 2.08. The Labute approximate surface area is 151 Å². The predicted molar refractivity (Wildman–Crippen MR) is 107 cm³/mol. The maximum Gasteiger partial charge on any atom is 0.123 e. The number of anilines is 1. The highest BCUT2D eigenvalue weighted by molar-refractivity contribution is 5.81. The molecule has 0 unspecified atom stereocenters. The van der Waals surface area contributed by atoms with Crippen molar-refractivity contribution in [1.29, 1.82) is 0 Å². The van der Waals surface area contributed by atoms with E-state index in [2.05, 4.69) is 48.3 Å². The Morgan fingerprint density at radius 3 is 2.48 bits per heavy atom. The SMILES string of the molecule is CCCOc1ccc(C=NNc2ccccc2)cc1CN(CC)CC. The van der Waals surface area contributed by atoms with Gasteiger partial charge in [-0.25, -0.2) is 0 Å². The van der Waals surface area contributed by atoms with Gasteiger partial charge in [-0.3, -0.25) is 10.3 Å². The molecule has 0 amide bonds. The first-order valence-corrected chi connectivity index (χ1v) is 9.09. The maximum atomic E-state index is 5.92. The summed E-state index contributed by atoms with van der Waals surface area (Å²) in [6.07, 6.45) is 2.86.